The number of thiocarbonyl (C=S) groups is 1. The molecule has 3 aromatic carbocycles. The van der Waals surface area contributed by atoms with Crippen LogP contribution >= 0.6 is 23.8 Å². The number of aromatic amines is 1. The summed E-state index contributed by atoms with van der Waals surface area (Å²) in [5.41, 5.74) is 4.91. The molecule has 1 amide bonds. The number of H-pyrrole nitrogens is 1. The van der Waals surface area contributed by atoms with Gasteiger partial charge in [-0.25, -0.2) is 4.98 Å². The van der Waals surface area contributed by atoms with Crippen molar-refractivity contribution in [3.63, 3.8) is 0 Å². The number of amides is 1. The fraction of sp³-hybridized carbons (Fsp3) is 0.0417. The first-order valence-electron chi connectivity index (χ1n) is 9.83. The molecule has 0 saturated carbocycles. The van der Waals surface area contributed by atoms with Gasteiger partial charge in [-0.15, -0.1) is 0 Å². The molecule has 0 radical (unpaired) electrons. The number of aryl methyl sites for hydroxylation is 1. The summed E-state index contributed by atoms with van der Waals surface area (Å²) in [6, 6.07) is 20.5. The van der Waals surface area contributed by atoms with Crippen LogP contribution in [0.5, 0.6) is 0 Å². The number of hydrogen-bond donors (Lipinski definition) is 3. The lowest BCUT2D eigenvalue weighted by Crippen LogP contribution is -2.33. The molecule has 0 unspecified atom stereocenters. The van der Waals surface area contributed by atoms with Gasteiger partial charge < -0.3 is 14.7 Å². The van der Waals surface area contributed by atoms with Gasteiger partial charge >= 0.3 is 0 Å². The number of furan rings is 1. The van der Waals surface area contributed by atoms with Crippen LogP contribution in [0.25, 0.3) is 33.4 Å². The quantitative estimate of drug-likeness (QED) is 0.285. The average molecular weight is 461 g/mol. The molecule has 0 aliphatic heterocycles. The summed E-state index contributed by atoms with van der Waals surface area (Å²) >= 11 is 11.5. The summed E-state index contributed by atoms with van der Waals surface area (Å²) < 4.78 is 5.58. The summed E-state index contributed by atoms with van der Waals surface area (Å²) in [6.45, 7) is 1.95. The average Bonchev–Trinajstić information content (AvgIpc) is 3.38. The highest BCUT2D eigenvalue weighted by Gasteiger charge is 2.14. The molecule has 3 N–H and O–H groups in total. The first-order chi connectivity index (χ1) is 15.5. The van der Waals surface area contributed by atoms with E-state index in [1.54, 1.807) is 6.07 Å². The molecule has 2 aromatic heterocycles. The van der Waals surface area contributed by atoms with E-state index in [-0.39, 0.29) is 10.9 Å². The number of para-hydroxylation sites is 1. The van der Waals surface area contributed by atoms with Crippen molar-refractivity contribution < 1.29 is 9.21 Å². The largest absolute Gasteiger partial charge is 0.451 e. The maximum atomic E-state index is 12.5. The minimum atomic E-state index is -0.417. The number of nitrogens with zero attached hydrogens (tertiary/aromatic N) is 1. The number of hydrogen-bond acceptors (Lipinski definition) is 4. The van der Waals surface area contributed by atoms with Crippen molar-refractivity contribution in [3.8, 4) is 11.4 Å². The van der Waals surface area contributed by atoms with Crippen molar-refractivity contribution >= 4 is 62.5 Å². The zero-order valence-corrected chi connectivity index (χ0v) is 18.5. The summed E-state index contributed by atoms with van der Waals surface area (Å²) in [5, 5.41) is 7.38. The Morgan fingerprint density at radius 2 is 1.94 bits per heavy atom. The Hall–Kier alpha value is -3.68. The van der Waals surface area contributed by atoms with Crippen LogP contribution < -0.4 is 10.6 Å². The van der Waals surface area contributed by atoms with Gasteiger partial charge in [0.15, 0.2) is 10.9 Å². The van der Waals surface area contributed by atoms with Gasteiger partial charge in [-0.05, 0) is 61.1 Å². The molecule has 5 rings (SSSR count). The number of imidazole rings is 1. The first kappa shape index (κ1) is 20.2. The molecule has 0 aliphatic rings. The molecule has 0 spiro atoms. The molecule has 8 heteroatoms. The molecule has 0 bridgehead atoms. The molecule has 2 heterocycles. The molecule has 5 aromatic rings. The summed E-state index contributed by atoms with van der Waals surface area (Å²) in [7, 11) is 0. The van der Waals surface area contributed by atoms with Crippen LogP contribution in [0.1, 0.15) is 16.1 Å². The lowest BCUT2D eigenvalue weighted by Gasteiger charge is -2.09. The number of benzene rings is 3. The smallest absolute Gasteiger partial charge is 0.293 e. The Labute approximate surface area is 193 Å². The minimum absolute atomic E-state index is 0.166. The van der Waals surface area contributed by atoms with Gasteiger partial charge in [0.05, 0.1) is 11.0 Å². The number of halogens is 1. The number of fused-ring (bicyclic) bond motifs is 2. The van der Waals surface area contributed by atoms with E-state index in [1.165, 1.54) is 0 Å². The van der Waals surface area contributed by atoms with E-state index < -0.39 is 5.91 Å². The third-order valence-electron chi connectivity index (χ3n) is 5.03. The fourth-order valence-electron chi connectivity index (χ4n) is 3.44. The van der Waals surface area contributed by atoms with Gasteiger partial charge in [0.25, 0.3) is 5.91 Å². The summed E-state index contributed by atoms with van der Waals surface area (Å²) in [5.74, 6) is 0.488. The van der Waals surface area contributed by atoms with Crippen LogP contribution in [0.15, 0.2) is 71.1 Å². The van der Waals surface area contributed by atoms with E-state index >= 15 is 0 Å². The highest BCUT2D eigenvalue weighted by atomic mass is 35.5. The predicted molar refractivity (Wildman–Crippen MR) is 131 cm³/mol. The zero-order chi connectivity index (χ0) is 22.2. The van der Waals surface area contributed by atoms with Crippen molar-refractivity contribution in [1.82, 2.24) is 15.3 Å². The SMILES string of the molecule is Cc1cc2[nH]c(-c3cccc(NC(=S)NC(=O)c4cc5ccccc5o4)c3)nc2cc1Cl. The van der Waals surface area contributed by atoms with E-state index in [9.17, 15) is 4.79 Å². The second-order valence-electron chi connectivity index (χ2n) is 7.34. The molecule has 6 nitrogen and oxygen atoms in total. The molecular weight excluding hydrogens is 444 g/mol. The number of carbonyl (C=O) groups excluding carboxylic acids is 1. The fourth-order valence-corrected chi connectivity index (χ4v) is 3.81. The minimum Gasteiger partial charge on any atom is -0.451 e. The Morgan fingerprint density at radius 3 is 2.78 bits per heavy atom. The van der Waals surface area contributed by atoms with E-state index in [0.717, 1.165) is 27.5 Å². The van der Waals surface area contributed by atoms with E-state index in [1.807, 2.05) is 67.6 Å². The Balaban J connectivity index is 1.32. The maximum absolute atomic E-state index is 12.5. The normalized spacial score (nSPS) is 11.1. The van der Waals surface area contributed by atoms with Gasteiger partial charge in [0, 0.05) is 21.7 Å². The number of aromatic nitrogens is 2. The van der Waals surface area contributed by atoms with Crippen LogP contribution in [0.3, 0.4) is 0 Å². The lowest BCUT2D eigenvalue weighted by molar-refractivity contribution is 0.0953. The van der Waals surface area contributed by atoms with Crippen LogP contribution in [0.2, 0.25) is 5.02 Å². The second kappa shape index (κ2) is 8.11. The zero-order valence-electron chi connectivity index (χ0n) is 16.9. The van der Waals surface area contributed by atoms with Crippen LogP contribution in [0.4, 0.5) is 5.69 Å². The number of rotatable bonds is 3. The van der Waals surface area contributed by atoms with Crippen molar-refractivity contribution in [1.29, 1.82) is 0 Å². The molecular formula is C24H17ClN4O2S. The standard InChI is InChI=1S/C24H17ClN4O2S/c1-13-9-18-19(12-17(13)25)28-22(27-18)15-6-4-7-16(10-15)26-24(32)29-23(30)21-11-14-5-2-3-8-20(14)31-21/h2-12H,1H3,(H,27,28)(H2,26,29,30,32). The van der Waals surface area contributed by atoms with Crippen molar-refractivity contribution in [3.05, 3.63) is 83.1 Å². The van der Waals surface area contributed by atoms with Crippen LogP contribution in [0, 0.1) is 6.92 Å². The highest BCUT2D eigenvalue weighted by molar-refractivity contribution is 7.80. The maximum Gasteiger partial charge on any atom is 0.293 e. The molecule has 0 fully saturated rings. The third-order valence-corrected chi connectivity index (χ3v) is 5.64. The molecule has 0 aliphatic carbocycles. The van der Waals surface area contributed by atoms with Crippen molar-refractivity contribution in [2.45, 2.75) is 6.92 Å². The predicted octanol–water partition coefficient (Wildman–Crippen LogP) is 6.06. The van der Waals surface area contributed by atoms with Gasteiger partial charge in [0.2, 0.25) is 0 Å². The van der Waals surface area contributed by atoms with Crippen LogP contribution in [-0.2, 0) is 0 Å². The summed E-state index contributed by atoms with van der Waals surface area (Å²) in [4.78, 5) is 20.4. The van der Waals surface area contributed by atoms with Crippen molar-refractivity contribution in [2.75, 3.05) is 5.32 Å². The van der Waals surface area contributed by atoms with E-state index in [4.69, 9.17) is 28.2 Å². The number of anilines is 1. The number of carbonyl (C=O) groups is 1. The Morgan fingerprint density at radius 1 is 1.09 bits per heavy atom. The molecule has 32 heavy (non-hydrogen) atoms. The monoisotopic (exact) mass is 460 g/mol. The Bertz CT molecular complexity index is 1430. The molecule has 158 valence electrons. The third kappa shape index (κ3) is 3.95. The molecule has 0 saturated heterocycles. The first-order valence-corrected chi connectivity index (χ1v) is 10.6. The Kier molecular flexibility index (Phi) is 5.13. The van der Waals surface area contributed by atoms with E-state index in [2.05, 4.69) is 20.6 Å². The molecule has 0 atom stereocenters. The second-order valence-corrected chi connectivity index (χ2v) is 8.16. The highest BCUT2D eigenvalue weighted by Crippen LogP contribution is 2.27. The lowest BCUT2D eigenvalue weighted by atomic mass is 10.2. The van der Waals surface area contributed by atoms with Gasteiger partial charge in [-0.2, -0.15) is 0 Å². The van der Waals surface area contributed by atoms with E-state index in [0.29, 0.717) is 22.1 Å². The number of nitrogens with one attached hydrogen (secondary N) is 3. The van der Waals surface area contributed by atoms with Crippen LogP contribution in [-0.4, -0.2) is 21.0 Å². The van der Waals surface area contributed by atoms with Gasteiger partial charge in [0.1, 0.15) is 11.4 Å². The topological polar surface area (TPSA) is 83.0 Å². The van der Waals surface area contributed by atoms with Crippen molar-refractivity contribution in [2.24, 2.45) is 0 Å². The van der Waals surface area contributed by atoms with Gasteiger partial charge in [-0.3, -0.25) is 10.1 Å². The van der Waals surface area contributed by atoms with Gasteiger partial charge in [-0.1, -0.05) is 41.9 Å². The summed E-state index contributed by atoms with van der Waals surface area (Å²) in [6.07, 6.45) is 0.